The van der Waals surface area contributed by atoms with E-state index in [0.717, 1.165) is 10.6 Å². The standard InChI is InChI=1S/C19H14N2OS2/c1-2-5-15(6-3-1)16-10-8-14(9-11-16)13-24-19-21-20-18(22-19)17-7-4-12-23-17/h1-12H,13H2. The van der Waals surface area contributed by atoms with Crippen LogP contribution in [0.25, 0.3) is 21.9 Å². The van der Waals surface area contributed by atoms with Gasteiger partial charge < -0.3 is 4.42 Å². The number of aromatic nitrogens is 2. The van der Waals surface area contributed by atoms with Gasteiger partial charge >= 0.3 is 0 Å². The molecule has 0 amide bonds. The van der Waals surface area contributed by atoms with Gasteiger partial charge in [-0.3, -0.25) is 0 Å². The second-order valence-electron chi connectivity index (χ2n) is 5.20. The van der Waals surface area contributed by atoms with E-state index in [4.69, 9.17) is 4.42 Å². The molecular formula is C19H14N2OS2. The Balaban J connectivity index is 1.41. The molecule has 0 atom stereocenters. The van der Waals surface area contributed by atoms with E-state index in [-0.39, 0.29) is 0 Å². The van der Waals surface area contributed by atoms with E-state index in [2.05, 4.69) is 58.7 Å². The fraction of sp³-hybridized carbons (Fsp3) is 0.0526. The monoisotopic (exact) mass is 350 g/mol. The Hall–Kier alpha value is -2.37. The minimum atomic E-state index is 0.590. The molecule has 0 saturated carbocycles. The number of rotatable bonds is 5. The lowest BCUT2D eigenvalue weighted by Gasteiger charge is -2.03. The molecule has 118 valence electrons. The molecule has 0 fully saturated rings. The quantitative estimate of drug-likeness (QED) is 0.429. The Morgan fingerprint density at radius 2 is 1.62 bits per heavy atom. The van der Waals surface area contributed by atoms with Gasteiger partial charge in [-0.2, -0.15) is 0 Å². The maximum absolute atomic E-state index is 5.69. The highest BCUT2D eigenvalue weighted by atomic mass is 32.2. The minimum absolute atomic E-state index is 0.590. The summed E-state index contributed by atoms with van der Waals surface area (Å²) in [7, 11) is 0. The molecule has 4 aromatic rings. The Bertz CT molecular complexity index is 900. The van der Waals surface area contributed by atoms with E-state index in [1.165, 1.54) is 16.7 Å². The van der Waals surface area contributed by atoms with Gasteiger partial charge in [0.1, 0.15) is 0 Å². The summed E-state index contributed by atoms with van der Waals surface area (Å²) in [5.74, 6) is 1.40. The Morgan fingerprint density at radius 3 is 2.38 bits per heavy atom. The van der Waals surface area contributed by atoms with Gasteiger partial charge in [0.25, 0.3) is 11.1 Å². The summed E-state index contributed by atoms with van der Waals surface area (Å²) in [6.45, 7) is 0. The first-order chi connectivity index (χ1) is 11.9. The Morgan fingerprint density at radius 1 is 0.833 bits per heavy atom. The summed E-state index contributed by atoms with van der Waals surface area (Å²) in [5.41, 5.74) is 3.69. The fourth-order valence-corrected chi connectivity index (χ4v) is 3.70. The van der Waals surface area contributed by atoms with Crippen LogP contribution < -0.4 is 0 Å². The number of hydrogen-bond donors (Lipinski definition) is 0. The molecule has 0 aliphatic heterocycles. The number of thioether (sulfide) groups is 1. The predicted octanol–water partition coefficient (Wildman–Crippen LogP) is 5.76. The van der Waals surface area contributed by atoms with Gasteiger partial charge in [-0.1, -0.05) is 72.4 Å². The van der Waals surface area contributed by atoms with E-state index in [0.29, 0.717) is 11.1 Å². The lowest BCUT2D eigenvalue weighted by molar-refractivity contribution is 0.466. The third-order valence-electron chi connectivity index (χ3n) is 3.56. The SMILES string of the molecule is c1ccc(-c2ccc(CSc3nnc(-c4cccs4)o3)cc2)cc1. The lowest BCUT2D eigenvalue weighted by atomic mass is 10.0. The molecule has 0 spiro atoms. The average molecular weight is 350 g/mol. The van der Waals surface area contributed by atoms with Gasteiger partial charge in [0.05, 0.1) is 4.88 Å². The van der Waals surface area contributed by atoms with Crippen molar-refractivity contribution in [2.24, 2.45) is 0 Å². The first-order valence-corrected chi connectivity index (χ1v) is 9.39. The predicted molar refractivity (Wildman–Crippen MR) is 99.0 cm³/mol. The molecule has 0 aliphatic rings. The molecule has 0 N–H and O–H groups in total. The molecule has 0 saturated heterocycles. The summed E-state index contributed by atoms with van der Waals surface area (Å²) in [5, 5.41) is 10.8. The van der Waals surface area contributed by atoms with Crippen molar-refractivity contribution < 1.29 is 4.42 Å². The van der Waals surface area contributed by atoms with Crippen LogP contribution in [0.4, 0.5) is 0 Å². The Kier molecular flexibility index (Phi) is 4.44. The zero-order valence-electron chi connectivity index (χ0n) is 12.8. The van der Waals surface area contributed by atoms with Crippen LogP contribution in [0.5, 0.6) is 0 Å². The smallest absolute Gasteiger partial charge is 0.277 e. The van der Waals surface area contributed by atoms with Crippen molar-refractivity contribution in [3.05, 3.63) is 77.7 Å². The summed E-state index contributed by atoms with van der Waals surface area (Å²) >= 11 is 3.16. The molecule has 24 heavy (non-hydrogen) atoms. The van der Waals surface area contributed by atoms with E-state index in [1.807, 2.05) is 23.6 Å². The van der Waals surface area contributed by atoms with E-state index < -0.39 is 0 Å². The molecule has 0 radical (unpaired) electrons. The van der Waals surface area contributed by atoms with Crippen LogP contribution in [0.2, 0.25) is 0 Å². The Labute approximate surface area is 148 Å². The average Bonchev–Trinajstić information content (AvgIpc) is 3.33. The van der Waals surface area contributed by atoms with Crippen molar-refractivity contribution in [3.63, 3.8) is 0 Å². The fourth-order valence-electron chi connectivity index (χ4n) is 2.34. The van der Waals surface area contributed by atoms with E-state index >= 15 is 0 Å². The molecule has 2 aromatic carbocycles. The topological polar surface area (TPSA) is 38.9 Å². The van der Waals surface area contributed by atoms with Gasteiger partial charge in [-0.05, 0) is 28.1 Å². The molecule has 4 rings (SSSR count). The minimum Gasteiger partial charge on any atom is -0.410 e. The summed E-state index contributed by atoms with van der Waals surface area (Å²) in [6.07, 6.45) is 0. The molecule has 2 aromatic heterocycles. The van der Waals surface area contributed by atoms with Crippen molar-refractivity contribution in [2.75, 3.05) is 0 Å². The van der Waals surface area contributed by atoms with E-state index in [9.17, 15) is 0 Å². The zero-order valence-corrected chi connectivity index (χ0v) is 14.4. The summed E-state index contributed by atoms with van der Waals surface area (Å²) in [6, 6.07) is 22.9. The summed E-state index contributed by atoms with van der Waals surface area (Å²) < 4.78 is 5.69. The highest BCUT2D eigenvalue weighted by Crippen LogP contribution is 2.28. The van der Waals surface area contributed by atoms with Gasteiger partial charge in [0, 0.05) is 5.75 Å². The number of thiophene rings is 1. The van der Waals surface area contributed by atoms with Crippen molar-refractivity contribution in [2.45, 2.75) is 11.0 Å². The van der Waals surface area contributed by atoms with Crippen LogP contribution in [0.1, 0.15) is 5.56 Å². The normalized spacial score (nSPS) is 10.8. The molecular weight excluding hydrogens is 336 g/mol. The highest BCUT2D eigenvalue weighted by molar-refractivity contribution is 7.98. The summed E-state index contributed by atoms with van der Waals surface area (Å²) in [4.78, 5) is 1.00. The maximum Gasteiger partial charge on any atom is 0.277 e. The lowest BCUT2D eigenvalue weighted by Crippen LogP contribution is -1.82. The van der Waals surface area contributed by atoms with Crippen LogP contribution in [-0.4, -0.2) is 10.2 Å². The molecule has 3 nitrogen and oxygen atoms in total. The maximum atomic E-state index is 5.69. The van der Waals surface area contributed by atoms with Crippen LogP contribution in [0.15, 0.2) is 81.8 Å². The van der Waals surface area contributed by atoms with Gasteiger partial charge in [-0.25, -0.2) is 0 Å². The van der Waals surface area contributed by atoms with Crippen LogP contribution in [0, 0.1) is 0 Å². The third-order valence-corrected chi connectivity index (χ3v) is 5.31. The molecule has 0 bridgehead atoms. The zero-order chi connectivity index (χ0) is 16.2. The second-order valence-corrected chi connectivity index (χ2v) is 7.08. The molecule has 5 heteroatoms. The molecule has 0 unspecified atom stereocenters. The molecule has 0 aliphatic carbocycles. The van der Waals surface area contributed by atoms with E-state index in [1.54, 1.807) is 23.1 Å². The van der Waals surface area contributed by atoms with Crippen molar-refractivity contribution in [1.29, 1.82) is 0 Å². The van der Waals surface area contributed by atoms with Crippen molar-refractivity contribution in [3.8, 4) is 21.9 Å². The number of nitrogens with zero attached hydrogens (tertiary/aromatic N) is 2. The van der Waals surface area contributed by atoms with Gasteiger partial charge in [-0.15, -0.1) is 21.5 Å². The first-order valence-electron chi connectivity index (χ1n) is 7.53. The largest absolute Gasteiger partial charge is 0.410 e. The van der Waals surface area contributed by atoms with Crippen LogP contribution in [0.3, 0.4) is 0 Å². The first kappa shape index (κ1) is 15.2. The third kappa shape index (κ3) is 3.42. The molecule has 2 heterocycles. The number of hydrogen-bond acceptors (Lipinski definition) is 5. The van der Waals surface area contributed by atoms with Gasteiger partial charge in [0.2, 0.25) is 0 Å². The van der Waals surface area contributed by atoms with Crippen LogP contribution in [-0.2, 0) is 5.75 Å². The van der Waals surface area contributed by atoms with Crippen molar-refractivity contribution >= 4 is 23.1 Å². The van der Waals surface area contributed by atoms with Crippen LogP contribution >= 0.6 is 23.1 Å². The van der Waals surface area contributed by atoms with Crippen molar-refractivity contribution in [1.82, 2.24) is 10.2 Å². The van der Waals surface area contributed by atoms with Gasteiger partial charge in [0.15, 0.2) is 0 Å². The number of benzene rings is 2. The highest BCUT2D eigenvalue weighted by Gasteiger charge is 2.09. The second kappa shape index (κ2) is 7.03.